The normalized spacial score (nSPS) is 28.0. The van der Waals surface area contributed by atoms with Crippen molar-refractivity contribution in [1.29, 1.82) is 0 Å². The average Bonchev–Trinajstić information content (AvgIpc) is 2.18. The number of hydrogen-bond donors (Lipinski definition) is 0. The van der Waals surface area contributed by atoms with Gasteiger partial charge in [-0.05, 0) is 30.1 Å². The third kappa shape index (κ3) is 4.57. The minimum atomic E-state index is 0.550. The third-order valence-corrected chi connectivity index (χ3v) is 4.29. The lowest BCUT2D eigenvalue weighted by Gasteiger charge is -2.37. The van der Waals surface area contributed by atoms with Crippen LogP contribution >= 0.6 is 0 Å². The predicted octanol–water partition coefficient (Wildman–Crippen LogP) is 5.42. The van der Waals surface area contributed by atoms with E-state index in [0.29, 0.717) is 5.41 Å². The van der Waals surface area contributed by atoms with Gasteiger partial charge in [0.05, 0.1) is 0 Å². The van der Waals surface area contributed by atoms with Crippen molar-refractivity contribution in [2.45, 2.75) is 79.1 Å². The quantitative estimate of drug-likeness (QED) is 0.544. The van der Waals surface area contributed by atoms with Crippen LogP contribution < -0.4 is 0 Å². The molecule has 0 amide bonds. The molecule has 0 unspecified atom stereocenters. The average molecular weight is 210 g/mol. The molecular formula is C15H30. The highest BCUT2D eigenvalue weighted by Crippen LogP contribution is 2.40. The van der Waals surface area contributed by atoms with Crippen LogP contribution in [0, 0.1) is 17.3 Å². The van der Waals surface area contributed by atoms with Gasteiger partial charge in [0.2, 0.25) is 0 Å². The smallest absolute Gasteiger partial charge is 0.0354 e. The van der Waals surface area contributed by atoms with Crippen molar-refractivity contribution in [3.8, 4) is 0 Å². The molecule has 0 atom stereocenters. The Hall–Kier alpha value is 0. The van der Waals surface area contributed by atoms with E-state index in [-0.39, 0.29) is 0 Å². The van der Waals surface area contributed by atoms with Gasteiger partial charge in [0.25, 0.3) is 0 Å². The first-order chi connectivity index (χ1) is 7.04. The van der Waals surface area contributed by atoms with E-state index in [1.807, 2.05) is 0 Å². The highest BCUT2D eigenvalue weighted by molar-refractivity contribution is 4.80. The fourth-order valence-electron chi connectivity index (χ4n) is 3.00. The van der Waals surface area contributed by atoms with E-state index < -0.39 is 0 Å². The molecule has 1 aliphatic carbocycles. The first-order valence-electron chi connectivity index (χ1n) is 7.04. The molecule has 0 N–H and O–H groups in total. The fourth-order valence-corrected chi connectivity index (χ4v) is 3.00. The summed E-state index contributed by atoms with van der Waals surface area (Å²) in [6.45, 7) is 9.54. The maximum atomic E-state index is 2.41. The predicted molar refractivity (Wildman–Crippen MR) is 69.0 cm³/mol. The van der Waals surface area contributed by atoms with Gasteiger partial charge in [0.15, 0.2) is 0 Å². The van der Waals surface area contributed by atoms with E-state index >= 15 is 0 Å². The first kappa shape index (κ1) is 13.1. The SMILES string of the molecule is CCCCCC1CCC(C(C)(C)C)CC1. The van der Waals surface area contributed by atoms with Gasteiger partial charge in [0.1, 0.15) is 0 Å². The van der Waals surface area contributed by atoms with E-state index in [0.717, 1.165) is 11.8 Å². The van der Waals surface area contributed by atoms with Gasteiger partial charge in [-0.1, -0.05) is 66.2 Å². The summed E-state index contributed by atoms with van der Waals surface area (Å²) in [7, 11) is 0. The second kappa shape index (κ2) is 5.92. The molecule has 0 nitrogen and oxygen atoms in total. The summed E-state index contributed by atoms with van der Waals surface area (Å²) >= 11 is 0. The lowest BCUT2D eigenvalue weighted by molar-refractivity contribution is 0.145. The minimum absolute atomic E-state index is 0.550. The molecular weight excluding hydrogens is 180 g/mol. The van der Waals surface area contributed by atoms with Gasteiger partial charge in [-0.2, -0.15) is 0 Å². The number of unbranched alkanes of at least 4 members (excludes halogenated alkanes) is 2. The maximum Gasteiger partial charge on any atom is -0.0354 e. The number of rotatable bonds is 4. The van der Waals surface area contributed by atoms with Crippen molar-refractivity contribution in [1.82, 2.24) is 0 Å². The van der Waals surface area contributed by atoms with E-state index in [4.69, 9.17) is 0 Å². The van der Waals surface area contributed by atoms with E-state index in [2.05, 4.69) is 27.7 Å². The van der Waals surface area contributed by atoms with Crippen molar-refractivity contribution < 1.29 is 0 Å². The Morgan fingerprint density at radius 1 is 0.933 bits per heavy atom. The second-order valence-electron chi connectivity index (χ2n) is 6.58. The van der Waals surface area contributed by atoms with Crippen LogP contribution in [0.3, 0.4) is 0 Å². The molecule has 0 aromatic heterocycles. The molecule has 0 bridgehead atoms. The molecule has 0 heterocycles. The van der Waals surface area contributed by atoms with E-state index in [9.17, 15) is 0 Å². The topological polar surface area (TPSA) is 0 Å². The highest BCUT2D eigenvalue weighted by Gasteiger charge is 2.29. The van der Waals surface area contributed by atoms with Crippen molar-refractivity contribution in [3.05, 3.63) is 0 Å². The highest BCUT2D eigenvalue weighted by atomic mass is 14.3. The zero-order chi connectivity index (χ0) is 11.3. The molecule has 1 saturated carbocycles. The standard InChI is InChI=1S/C15H30/c1-5-6-7-8-13-9-11-14(12-10-13)15(2,3)4/h13-14H,5-12H2,1-4H3. The van der Waals surface area contributed by atoms with Crippen LogP contribution in [0.5, 0.6) is 0 Å². The van der Waals surface area contributed by atoms with Gasteiger partial charge in [-0.15, -0.1) is 0 Å². The first-order valence-corrected chi connectivity index (χ1v) is 7.04. The lowest BCUT2D eigenvalue weighted by atomic mass is 9.69. The summed E-state index contributed by atoms with van der Waals surface area (Å²) in [5.74, 6) is 2.05. The van der Waals surface area contributed by atoms with Crippen molar-refractivity contribution in [2.24, 2.45) is 17.3 Å². The molecule has 1 fully saturated rings. The van der Waals surface area contributed by atoms with E-state index in [1.54, 1.807) is 0 Å². The molecule has 1 aliphatic rings. The largest absolute Gasteiger partial charge is 0.0654 e. The van der Waals surface area contributed by atoms with Gasteiger partial charge in [-0.3, -0.25) is 0 Å². The molecule has 0 radical (unpaired) electrons. The Kier molecular flexibility index (Phi) is 5.15. The monoisotopic (exact) mass is 210 g/mol. The van der Waals surface area contributed by atoms with Crippen molar-refractivity contribution >= 4 is 0 Å². The molecule has 0 aromatic carbocycles. The van der Waals surface area contributed by atoms with Crippen LogP contribution in [0.2, 0.25) is 0 Å². The van der Waals surface area contributed by atoms with Crippen LogP contribution in [0.15, 0.2) is 0 Å². The van der Waals surface area contributed by atoms with Crippen LogP contribution in [-0.4, -0.2) is 0 Å². The molecule has 0 spiro atoms. The van der Waals surface area contributed by atoms with E-state index in [1.165, 1.54) is 51.4 Å². The summed E-state index contributed by atoms with van der Waals surface area (Å²) in [6.07, 6.45) is 11.8. The van der Waals surface area contributed by atoms with Crippen LogP contribution in [0.4, 0.5) is 0 Å². The summed E-state index contributed by atoms with van der Waals surface area (Å²) < 4.78 is 0. The third-order valence-electron chi connectivity index (χ3n) is 4.29. The Morgan fingerprint density at radius 3 is 2.00 bits per heavy atom. The Labute approximate surface area is 96.8 Å². The summed E-state index contributed by atoms with van der Waals surface area (Å²) in [6, 6.07) is 0. The molecule has 1 rings (SSSR count). The molecule has 0 saturated heterocycles. The van der Waals surface area contributed by atoms with Gasteiger partial charge in [0, 0.05) is 0 Å². The number of hydrogen-bond acceptors (Lipinski definition) is 0. The zero-order valence-electron chi connectivity index (χ0n) is 11.3. The second-order valence-corrected chi connectivity index (χ2v) is 6.58. The molecule has 0 heteroatoms. The molecule has 0 aromatic rings. The summed E-state index contributed by atoms with van der Waals surface area (Å²) in [4.78, 5) is 0. The van der Waals surface area contributed by atoms with Crippen LogP contribution in [0.25, 0.3) is 0 Å². The van der Waals surface area contributed by atoms with Crippen molar-refractivity contribution in [3.63, 3.8) is 0 Å². The molecule has 15 heavy (non-hydrogen) atoms. The Bertz CT molecular complexity index is 155. The van der Waals surface area contributed by atoms with Gasteiger partial charge >= 0.3 is 0 Å². The summed E-state index contributed by atoms with van der Waals surface area (Å²) in [5.41, 5.74) is 0.550. The lowest BCUT2D eigenvalue weighted by Crippen LogP contribution is -2.25. The fraction of sp³-hybridized carbons (Fsp3) is 1.00. The maximum absolute atomic E-state index is 2.41. The molecule has 90 valence electrons. The van der Waals surface area contributed by atoms with Crippen molar-refractivity contribution in [2.75, 3.05) is 0 Å². The Morgan fingerprint density at radius 2 is 1.53 bits per heavy atom. The van der Waals surface area contributed by atoms with Crippen LogP contribution in [-0.2, 0) is 0 Å². The molecule has 0 aliphatic heterocycles. The van der Waals surface area contributed by atoms with Gasteiger partial charge in [-0.25, -0.2) is 0 Å². The zero-order valence-corrected chi connectivity index (χ0v) is 11.3. The minimum Gasteiger partial charge on any atom is -0.0654 e. The van der Waals surface area contributed by atoms with Crippen LogP contribution in [0.1, 0.15) is 79.1 Å². The summed E-state index contributed by atoms with van der Waals surface area (Å²) in [5, 5.41) is 0. The van der Waals surface area contributed by atoms with Gasteiger partial charge < -0.3 is 0 Å². The Balaban J connectivity index is 2.18.